The minimum absolute atomic E-state index is 0.0125. The number of aromatic nitrogens is 1. The molecule has 5 nitrogen and oxygen atoms in total. The van der Waals surface area contributed by atoms with E-state index in [-0.39, 0.29) is 23.5 Å². The number of rotatable bonds is 7. The van der Waals surface area contributed by atoms with Gasteiger partial charge in [-0.15, -0.1) is 0 Å². The number of amides is 2. The van der Waals surface area contributed by atoms with Crippen molar-refractivity contribution in [1.82, 2.24) is 15.2 Å². The number of piperidine rings is 1. The lowest BCUT2D eigenvalue weighted by atomic mass is 9.96. The molecular weight excluding hydrogens is 345 g/mol. The molecule has 0 radical (unpaired) electrons. The molecular formula is C21H24FN3O2. The minimum atomic E-state index is -0.319. The van der Waals surface area contributed by atoms with E-state index in [9.17, 15) is 14.0 Å². The van der Waals surface area contributed by atoms with E-state index in [1.165, 1.54) is 17.7 Å². The van der Waals surface area contributed by atoms with Gasteiger partial charge in [-0.2, -0.15) is 0 Å². The number of nitrogens with zero attached hydrogens (tertiary/aromatic N) is 2. The Morgan fingerprint density at radius 2 is 2.04 bits per heavy atom. The highest BCUT2D eigenvalue weighted by Crippen LogP contribution is 2.20. The van der Waals surface area contributed by atoms with Gasteiger partial charge in [0.05, 0.1) is 5.92 Å². The SMILES string of the molecule is O=C(NCCCc1ccncc1)[C@@H]1CCC(=O)N(Cc2cccc(F)c2)C1. The number of carbonyl (C=O) groups excluding carboxylic acids is 2. The molecule has 0 saturated carbocycles. The van der Waals surface area contributed by atoms with Crippen LogP contribution in [0.15, 0.2) is 48.8 Å². The Morgan fingerprint density at radius 3 is 2.81 bits per heavy atom. The molecule has 2 amide bonds. The topological polar surface area (TPSA) is 62.3 Å². The second kappa shape index (κ2) is 9.26. The summed E-state index contributed by atoms with van der Waals surface area (Å²) in [4.78, 5) is 30.3. The average Bonchev–Trinajstić information content (AvgIpc) is 2.68. The van der Waals surface area contributed by atoms with Crippen LogP contribution < -0.4 is 5.32 Å². The van der Waals surface area contributed by atoms with E-state index >= 15 is 0 Å². The molecule has 0 spiro atoms. The molecule has 1 saturated heterocycles. The zero-order valence-electron chi connectivity index (χ0n) is 15.2. The molecule has 2 aromatic rings. The van der Waals surface area contributed by atoms with Crippen LogP contribution in [0.5, 0.6) is 0 Å². The van der Waals surface area contributed by atoms with E-state index in [0.717, 1.165) is 18.4 Å². The molecule has 1 aliphatic rings. The minimum Gasteiger partial charge on any atom is -0.356 e. The van der Waals surface area contributed by atoms with Gasteiger partial charge in [0, 0.05) is 38.4 Å². The lowest BCUT2D eigenvalue weighted by Gasteiger charge is -2.32. The molecule has 2 heterocycles. The van der Waals surface area contributed by atoms with E-state index in [2.05, 4.69) is 10.3 Å². The zero-order valence-corrected chi connectivity index (χ0v) is 15.2. The van der Waals surface area contributed by atoms with Gasteiger partial charge in [-0.05, 0) is 54.7 Å². The van der Waals surface area contributed by atoms with Crippen LogP contribution in [-0.4, -0.2) is 34.8 Å². The number of hydrogen-bond acceptors (Lipinski definition) is 3. The number of nitrogens with one attached hydrogen (secondary N) is 1. The van der Waals surface area contributed by atoms with Gasteiger partial charge in [-0.1, -0.05) is 12.1 Å². The first-order chi connectivity index (χ1) is 13.1. The van der Waals surface area contributed by atoms with Crippen LogP contribution in [0.1, 0.15) is 30.4 Å². The summed E-state index contributed by atoms with van der Waals surface area (Å²) in [5.74, 6) is -0.528. The standard InChI is InChI=1S/C21H24FN3O2/c22-19-5-1-3-17(13-19)14-25-15-18(6-7-20(25)26)21(27)24-10-2-4-16-8-11-23-12-9-16/h1,3,5,8-9,11-13,18H,2,4,6-7,10,14-15H2,(H,24,27)/t18-/m1/s1. The van der Waals surface area contributed by atoms with Crippen LogP contribution in [0.3, 0.4) is 0 Å². The van der Waals surface area contributed by atoms with Crippen LogP contribution in [0, 0.1) is 11.7 Å². The maximum absolute atomic E-state index is 13.3. The first-order valence-electron chi connectivity index (χ1n) is 9.30. The third-order valence-electron chi connectivity index (χ3n) is 4.82. The van der Waals surface area contributed by atoms with Crippen molar-refractivity contribution in [2.75, 3.05) is 13.1 Å². The summed E-state index contributed by atoms with van der Waals surface area (Å²) in [6, 6.07) is 10.2. The Bertz CT molecular complexity index is 782. The van der Waals surface area contributed by atoms with Crippen molar-refractivity contribution in [3.05, 3.63) is 65.7 Å². The molecule has 142 valence electrons. The van der Waals surface area contributed by atoms with Gasteiger partial charge in [0.1, 0.15) is 5.82 Å². The van der Waals surface area contributed by atoms with E-state index < -0.39 is 0 Å². The van der Waals surface area contributed by atoms with Crippen molar-refractivity contribution < 1.29 is 14.0 Å². The highest BCUT2D eigenvalue weighted by atomic mass is 19.1. The van der Waals surface area contributed by atoms with Crippen LogP contribution >= 0.6 is 0 Å². The summed E-state index contributed by atoms with van der Waals surface area (Å²) in [5, 5.41) is 2.98. The fourth-order valence-corrected chi connectivity index (χ4v) is 3.34. The molecule has 1 aromatic heterocycles. The van der Waals surface area contributed by atoms with Gasteiger partial charge in [0.2, 0.25) is 11.8 Å². The molecule has 1 fully saturated rings. The van der Waals surface area contributed by atoms with Crippen LogP contribution in [0.2, 0.25) is 0 Å². The molecule has 0 aliphatic carbocycles. The lowest BCUT2D eigenvalue weighted by molar-refractivity contribution is -0.138. The quantitative estimate of drug-likeness (QED) is 0.764. The van der Waals surface area contributed by atoms with Crippen LogP contribution in [0.25, 0.3) is 0 Å². The fraction of sp³-hybridized carbons (Fsp3) is 0.381. The molecule has 1 N–H and O–H groups in total. The van der Waals surface area contributed by atoms with Crippen molar-refractivity contribution in [3.8, 4) is 0 Å². The summed E-state index contributed by atoms with van der Waals surface area (Å²) in [7, 11) is 0. The van der Waals surface area contributed by atoms with Gasteiger partial charge < -0.3 is 10.2 Å². The Hall–Kier alpha value is -2.76. The third kappa shape index (κ3) is 5.61. The Balaban J connectivity index is 1.46. The summed E-state index contributed by atoms with van der Waals surface area (Å²) in [5.41, 5.74) is 1.94. The fourth-order valence-electron chi connectivity index (χ4n) is 3.34. The van der Waals surface area contributed by atoms with Gasteiger partial charge in [-0.3, -0.25) is 14.6 Å². The van der Waals surface area contributed by atoms with Gasteiger partial charge in [0.25, 0.3) is 0 Å². The predicted octanol–water partition coefficient (Wildman–Crippen LogP) is 2.71. The van der Waals surface area contributed by atoms with Gasteiger partial charge in [0.15, 0.2) is 0 Å². The van der Waals surface area contributed by atoms with Crippen LogP contribution in [0.4, 0.5) is 4.39 Å². The smallest absolute Gasteiger partial charge is 0.224 e. The number of pyridine rings is 1. The summed E-state index contributed by atoms with van der Waals surface area (Å²) in [6.07, 6.45) is 6.19. The lowest BCUT2D eigenvalue weighted by Crippen LogP contribution is -2.45. The molecule has 0 unspecified atom stereocenters. The first-order valence-corrected chi connectivity index (χ1v) is 9.30. The Morgan fingerprint density at radius 1 is 1.22 bits per heavy atom. The molecule has 27 heavy (non-hydrogen) atoms. The Labute approximate surface area is 158 Å². The van der Waals surface area contributed by atoms with Crippen molar-refractivity contribution in [2.45, 2.75) is 32.2 Å². The number of carbonyl (C=O) groups is 2. The molecule has 1 aromatic carbocycles. The van der Waals surface area contributed by atoms with E-state index in [0.29, 0.717) is 32.5 Å². The molecule has 1 aliphatic heterocycles. The van der Waals surface area contributed by atoms with E-state index in [4.69, 9.17) is 0 Å². The maximum Gasteiger partial charge on any atom is 0.224 e. The van der Waals surface area contributed by atoms with Gasteiger partial charge in [-0.25, -0.2) is 4.39 Å². The van der Waals surface area contributed by atoms with Crippen molar-refractivity contribution in [1.29, 1.82) is 0 Å². The highest BCUT2D eigenvalue weighted by molar-refractivity contribution is 5.83. The largest absolute Gasteiger partial charge is 0.356 e. The molecule has 3 rings (SSSR count). The maximum atomic E-state index is 13.3. The highest BCUT2D eigenvalue weighted by Gasteiger charge is 2.30. The van der Waals surface area contributed by atoms with E-state index in [1.807, 2.05) is 12.1 Å². The molecule has 1 atom stereocenters. The predicted molar refractivity (Wildman–Crippen MR) is 100 cm³/mol. The van der Waals surface area contributed by atoms with Crippen LogP contribution in [-0.2, 0) is 22.6 Å². The van der Waals surface area contributed by atoms with Crippen molar-refractivity contribution in [2.24, 2.45) is 5.92 Å². The summed E-state index contributed by atoms with van der Waals surface area (Å²) < 4.78 is 13.3. The molecule has 0 bridgehead atoms. The monoisotopic (exact) mass is 369 g/mol. The number of benzene rings is 1. The summed E-state index contributed by atoms with van der Waals surface area (Å²) >= 11 is 0. The van der Waals surface area contributed by atoms with Gasteiger partial charge >= 0.3 is 0 Å². The number of halogens is 1. The Kier molecular flexibility index (Phi) is 6.52. The van der Waals surface area contributed by atoms with Crippen molar-refractivity contribution >= 4 is 11.8 Å². The average molecular weight is 369 g/mol. The van der Waals surface area contributed by atoms with E-state index in [1.54, 1.807) is 29.4 Å². The van der Waals surface area contributed by atoms with Crippen molar-refractivity contribution in [3.63, 3.8) is 0 Å². The third-order valence-corrected chi connectivity index (χ3v) is 4.82. The summed E-state index contributed by atoms with van der Waals surface area (Å²) in [6.45, 7) is 1.32. The molecule has 6 heteroatoms. The number of aryl methyl sites for hydroxylation is 1. The zero-order chi connectivity index (χ0) is 19.1. The number of hydrogen-bond donors (Lipinski definition) is 1. The number of likely N-dealkylation sites (tertiary alicyclic amines) is 1. The normalized spacial score (nSPS) is 17.0. The second-order valence-electron chi connectivity index (χ2n) is 6.89. The first kappa shape index (κ1) is 19.0. The second-order valence-corrected chi connectivity index (χ2v) is 6.89.